The van der Waals surface area contributed by atoms with Crippen LogP contribution in [0.3, 0.4) is 0 Å². The second-order valence-electron chi connectivity index (χ2n) is 5.93. The Kier molecular flexibility index (Phi) is 7.30. The highest BCUT2D eigenvalue weighted by molar-refractivity contribution is 7.89. The summed E-state index contributed by atoms with van der Waals surface area (Å²) in [6.45, 7) is -2.92. The van der Waals surface area contributed by atoms with Crippen molar-refractivity contribution in [2.75, 3.05) is 26.0 Å². The van der Waals surface area contributed by atoms with Gasteiger partial charge in [-0.05, 0) is 35.9 Å². The van der Waals surface area contributed by atoms with E-state index in [4.69, 9.17) is 0 Å². The molecule has 2 aromatic rings. The molecule has 2 aromatic carbocycles. The Balaban J connectivity index is 1.92. The number of alkyl halides is 2. The van der Waals surface area contributed by atoms with Crippen LogP contribution in [0, 0.1) is 0 Å². The predicted octanol–water partition coefficient (Wildman–Crippen LogP) is 2.27. The molecule has 0 aromatic heterocycles. The maximum Gasteiger partial charge on any atom is 0.387 e. The fourth-order valence-electron chi connectivity index (χ4n) is 2.29. The first kappa shape index (κ1) is 21.6. The van der Waals surface area contributed by atoms with E-state index in [1.54, 1.807) is 18.2 Å². The summed E-state index contributed by atoms with van der Waals surface area (Å²) in [5.74, 6) is -0.339. The molecule has 0 heterocycles. The van der Waals surface area contributed by atoms with E-state index in [1.165, 1.54) is 44.4 Å². The molecule has 0 spiro atoms. The van der Waals surface area contributed by atoms with Crippen molar-refractivity contribution in [1.29, 1.82) is 0 Å². The Morgan fingerprint density at radius 1 is 1.11 bits per heavy atom. The van der Waals surface area contributed by atoms with Gasteiger partial charge in [-0.1, -0.05) is 18.2 Å². The number of carbonyl (C=O) groups excluding carboxylic acids is 1. The first-order valence-electron chi connectivity index (χ1n) is 8.26. The Morgan fingerprint density at radius 3 is 2.36 bits per heavy atom. The van der Waals surface area contributed by atoms with Crippen LogP contribution < -0.4 is 15.4 Å². The fraction of sp³-hybridized carbons (Fsp3) is 0.278. The molecule has 0 radical (unpaired) electrons. The average molecular weight is 413 g/mol. The highest BCUT2D eigenvalue weighted by Crippen LogP contribution is 2.19. The molecule has 0 atom stereocenters. The SMILES string of the molecule is CN(C)S(=O)(=O)c1ccccc1CNC(=O)CNc1ccc(OC(F)F)cc1. The fourth-order valence-corrected chi connectivity index (χ4v) is 3.41. The molecule has 2 N–H and O–H groups in total. The van der Waals surface area contributed by atoms with Crippen molar-refractivity contribution in [2.24, 2.45) is 0 Å². The van der Waals surface area contributed by atoms with Crippen LogP contribution >= 0.6 is 0 Å². The summed E-state index contributed by atoms with van der Waals surface area (Å²) in [6.07, 6.45) is 0. The molecule has 0 bridgehead atoms. The van der Waals surface area contributed by atoms with Crippen molar-refractivity contribution < 1.29 is 26.7 Å². The molecule has 1 amide bonds. The number of sulfonamides is 1. The van der Waals surface area contributed by atoms with E-state index >= 15 is 0 Å². The molecule has 0 saturated carbocycles. The molecule has 0 saturated heterocycles. The van der Waals surface area contributed by atoms with Gasteiger partial charge >= 0.3 is 6.61 Å². The largest absolute Gasteiger partial charge is 0.435 e. The molecule has 0 aliphatic heterocycles. The Hall–Kier alpha value is -2.72. The molecular formula is C18H21F2N3O4S. The first-order valence-corrected chi connectivity index (χ1v) is 9.70. The van der Waals surface area contributed by atoms with Crippen molar-refractivity contribution in [2.45, 2.75) is 18.1 Å². The van der Waals surface area contributed by atoms with Crippen LogP contribution in [-0.2, 0) is 21.4 Å². The van der Waals surface area contributed by atoms with E-state index in [9.17, 15) is 22.0 Å². The third-order valence-corrected chi connectivity index (χ3v) is 5.66. The van der Waals surface area contributed by atoms with Crippen molar-refractivity contribution in [3.63, 3.8) is 0 Å². The van der Waals surface area contributed by atoms with Gasteiger partial charge in [0, 0.05) is 26.3 Å². The highest BCUT2D eigenvalue weighted by atomic mass is 32.2. The molecule has 0 unspecified atom stereocenters. The van der Waals surface area contributed by atoms with Gasteiger partial charge in [0.15, 0.2) is 0 Å². The van der Waals surface area contributed by atoms with E-state index in [2.05, 4.69) is 15.4 Å². The summed E-state index contributed by atoms with van der Waals surface area (Å²) in [5.41, 5.74) is 1.02. The van der Waals surface area contributed by atoms with Crippen molar-refractivity contribution in [3.8, 4) is 5.75 Å². The zero-order chi connectivity index (χ0) is 20.7. The lowest BCUT2D eigenvalue weighted by Crippen LogP contribution is -2.30. The summed E-state index contributed by atoms with van der Waals surface area (Å²) < 4.78 is 54.3. The molecule has 0 aliphatic carbocycles. The van der Waals surface area contributed by atoms with Crippen LogP contribution in [0.4, 0.5) is 14.5 Å². The van der Waals surface area contributed by atoms with Gasteiger partial charge in [-0.3, -0.25) is 4.79 Å². The number of anilines is 1. The molecule has 2 rings (SSSR count). The highest BCUT2D eigenvalue weighted by Gasteiger charge is 2.20. The van der Waals surface area contributed by atoms with Crippen LogP contribution in [0.25, 0.3) is 0 Å². The van der Waals surface area contributed by atoms with E-state index in [1.807, 2.05) is 0 Å². The van der Waals surface area contributed by atoms with Gasteiger partial charge in [-0.2, -0.15) is 8.78 Å². The minimum Gasteiger partial charge on any atom is -0.435 e. The van der Waals surface area contributed by atoms with E-state index < -0.39 is 16.6 Å². The minimum absolute atomic E-state index is 0.0173. The van der Waals surface area contributed by atoms with Crippen LogP contribution in [0.5, 0.6) is 5.75 Å². The van der Waals surface area contributed by atoms with Crippen LogP contribution in [-0.4, -0.2) is 45.9 Å². The summed E-state index contributed by atoms with van der Waals surface area (Å²) in [7, 11) is -0.749. The van der Waals surface area contributed by atoms with Gasteiger partial charge in [-0.15, -0.1) is 0 Å². The van der Waals surface area contributed by atoms with Gasteiger partial charge in [0.2, 0.25) is 15.9 Å². The Morgan fingerprint density at radius 2 is 1.75 bits per heavy atom. The predicted molar refractivity (Wildman–Crippen MR) is 101 cm³/mol. The Labute approximate surface area is 162 Å². The third kappa shape index (κ3) is 5.89. The molecule has 0 aliphatic rings. The number of nitrogens with zero attached hydrogens (tertiary/aromatic N) is 1. The van der Waals surface area contributed by atoms with Crippen molar-refractivity contribution in [3.05, 3.63) is 54.1 Å². The summed E-state index contributed by atoms with van der Waals surface area (Å²) in [6, 6.07) is 12.1. The number of hydrogen-bond acceptors (Lipinski definition) is 5. The average Bonchev–Trinajstić information content (AvgIpc) is 2.65. The molecule has 28 heavy (non-hydrogen) atoms. The molecule has 0 fully saturated rings. The maximum atomic E-state index is 12.3. The topological polar surface area (TPSA) is 87.7 Å². The summed E-state index contributed by atoms with van der Waals surface area (Å²) in [4.78, 5) is 12.2. The number of carbonyl (C=O) groups is 1. The Bertz CT molecular complexity index is 903. The monoisotopic (exact) mass is 413 g/mol. The van der Waals surface area contributed by atoms with E-state index in [-0.39, 0.29) is 29.6 Å². The molecule has 152 valence electrons. The maximum absolute atomic E-state index is 12.3. The lowest BCUT2D eigenvalue weighted by atomic mass is 10.2. The van der Waals surface area contributed by atoms with Gasteiger partial charge in [0.1, 0.15) is 5.75 Å². The number of ether oxygens (including phenoxy) is 1. The van der Waals surface area contributed by atoms with Crippen LogP contribution in [0.2, 0.25) is 0 Å². The zero-order valence-electron chi connectivity index (χ0n) is 15.4. The number of nitrogens with one attached hydrogen (secondary N) is 2. The van der Waals surface area contributed by atoms with Crippen LogP contribution in [0.15, 0.2) is 53.4 Å². The summed E-state index contributed by atoms with van der Waals surface area (Å²) in [5, 5.41) is 5.49. The number of amides is 1. The van der Waals surface area contributed by atoms with E-state index in [0.29, 0.717) is 11.3 Å². The molecule has 7 nitrogen and oxygen atoms in total. The molecular weight excluding hydrogens is 392 g/mol. The second kappa shape index (κ2) is 9.47. The number of rotatable bonds is 9. The normalized spacial score (nSPS) is 11.5. The quantitative estimate of drug-likeness (QED) is 0.659. The van der Waals surface area contributed by atoms with Crippen LogP contribution in [0.1, 0.15) is 5.56 Å². The smallest absolute Gasteiger partial charge is 0.387 e. The number of halogens is 2. The van der Waals surface area contributed by atoms with Crippen molar-refractivity contribution in [1.82, 2.24) is 9.62 Å². The standard InChI is InChI=1S/C18H21F2N3O4S/c1-23(2)28(25,26)16-6-4-3-5-13(16)11-22-17(24)12-21-14-7-9-15(10-8-14)27-18(19)20/h3-10,18,21H,11-12H2,1-2H3,(H,22,24). The summed E-state index contributed by atoms with van der Waals surface area (Å²) >= 11 is 0. The van der Waals surface area contributed by atoms with Gasteiger partial charge in [-0.25, -0.2) is 12.7 Å². The second-order valence-corrected chi connectivity index (χ2v) is 8.05. The lowest BCUT2D eigenvalue weighted by Gasteiger charge is -2.15. The lowest BCUT2D eigenvalue weighted by molar-refractivity contribution is -0.119. The van der Waals surface area contributed by atoms with Gasteiger partial charge in [0.25, 0.3) is 0 Å². The van der Waals surface area contributed by atoms with Gasteiger partial charge in [0.05, 0.1) is 11.4 Å². The first-order chi connectivity index (χ1) is 13.2. The number of hydrogen-bond donors (Lipinski definition) is 2. The van der Waals surface area contributed by atoms with E-state index in [0.717, 1.165) is 4.31 Å². The zero-order valence-corrected chi connectivity index (χ0v) is 16.2. The van der Waals surface area contributed by atoms with Gasteiger partial charge < -0.3 is 15.4 Å². The van der Waals surface area contributed by atoms with Crippen molar-refractivity contribution >= 4 is 21.6 Å². The molecule has 10 heteroatoms. The number of benzene rings is 2. The third-order valence-electron chi connectivity index (χ3n) is 3.74. The minimum atomic E-state index is -3.62.